The van der Waals surface area contributed by atoms with Gasteiger partial charge in [0, 0.05) is 12.1 Å². The number of anilines is 2. The molecule has 3 rings (SSSR count). The summed E-state index contributed by atoms with van der Waals surface area (Å²) in [5.74, 6) is -1.94. The average Bonchev–Trinajstić information content (AvgIpc) is 3.08. The van der Waals surface area contributed by atoms with Crippen LogP contribution < -0.4 is 10.2 Å². The van der Waals surface area contributed by atoms with E-state index >= 15 is 0 Å². The molecule has 1 amide bonds. The Morgan fingerprint density at radius 1 is 1.25 bits per heavy atom. The van der Waals surface area contributed by atoms with Crippen LogP contribution in [0.2, 0.25) is 0 Å². The molecular weight excluding hydrogens is 384 g/mol. The lowest BCUT2D eigenvalue weighted by molar-refractivity contribution is -0.115. The van der Waals surface area contributed by atoms with Crippen molar-refractivity contribution in [3.63, 3.8) is 0 Å². The van der Waals surface area contributed by atoms with Crippen LogP contribution in [0.25, 0.3) is 0 Å². The maximum Gasteiger partial charge on any atom is 0.282 e. The number of nitrogens with zero attached hydrogens (tertiary/aromatic N) is 4. The number of hydrogen-bond acceptors (Lipinski definition) is 6. The molecule has 0 unspecified atom stereocenters. The largest absolute Gasteiger partial charge is 0.344 e. The highest BCUT2D eigenvalue weighted by Gasteiger charge is 2.44. The lowest BCUT2D eigenvalue weighted by Gasteiger charge is -2.39. The lowest BCUT2D eigenvalue weighted by Crippen LogP contribution is -2.56. The minimum Gasteiger partial charge on any atom is -0.344 e. The number of pyridine rings is 1. The van der Waals surface area contributed by atoms with Crippen molar-refractivity contribution >= 4 is 28.2 Å². The van der Waals surface area contributed by atoms with Crippen molar-refractivity contribution in [2.24, 2.45) is 0 Å². The third-order valence-electron chi connectivity index (χ3n) is 4.65. The van der Waals surface area contributed by atoms with Gasteiger partial charge in [-0.25, -0.2) is 13.8 Å². The van der Waals surface area contributed by atoms with Gasteiger partial charge in [-0.05, 0) is 24.5 Å². The molecule has 2 aromatic heterocycles. The highest BCUT2D eigenvalue weighted by atomic mass is 32.1. The Hall–Kier alpha value is -2.16. The molecule has 0 bridgehead atoms. The van der Waals surface area contributed by atoms with E-state index in [9.17, 15) is 13.6 Å². The molecule has 152 valence electrons. The van der Waals surface area contributed by atoms with Crippen molar-refractivity contribution in [1.82, 2.24) is 15.2 Å². The Morgan fingerprint density at radius 2 is 1.96 bits per heavy atom. The van der Waals surface area contributed by atoms with Crippen LogP contribution in [0.3, 0.4) is 0 Å². The molecule has 0 atom stereocenters. The average molecular weight is 410 g/mol. The Balaban J connectivity index is 1.53. The molecule has 6 nitrogen and oxygen atoms in total. The zero-order valence-electron chi connectivity index (χ0n) is 16.1. The van der Waals surface area contributed by atoms with Crippen LogP contribution in [0.5, 0.6) is 0 Å². The molecule has 0 saturated carbocycles. The Morgan fingerprint density at radius 3 is 2.54 bits per heavy atom. The molecule has 1 aliphatic rings. The fourth-order valence-electron chi connectivity index (χ4n) is 3.27. The molecule has 1 fully saturated rings. The number of nitrogens with one attached hydrogen (secondary N) is 1. The van der Waals surface area contributed by atoms with E-state index in [4.69, 9.17) is 0 Å². The molecule has 28 heavy (non-hydrogen) atoms. The monoisotopic (exact) mass is 409 g/mol. The smallest absolute Gasteiger partial charge is 0.282 e. The fraction of sp³-hybridized carbons (Fsp3) is 0.579. The van der Waals surface area contributed by atoms with Crippen molar-refractivity contribution in [2.75, 3.05) is 23.3 Å². The minimum atomic E-state index is -2.63. The standard InChI is InChI=1S/C19H25F2N5OS/c1-3-5-14(6-4-2)17-24-25-18(28-17)23-16(27)9-13-7-8-15(22-10-13)26-11-19(20,21)12-26/h7-8,10,14H,3-6,9,11-12H2,1-2H3,(H,23,25,27). The van der Waals surface area contributed by atoms with Gasteiger partial charge in [-0.15, -0.1) is 10.2 Å². The predicted octanol–water partition coefficient (Wildman–Crippen LogP) is 4.25. The van der Waals surface area contributed by atoms with E-state index < -0.39 is 5.92 Å². The van der Waals surface area contributed by atoms with Gasteiger partial charge in [0.05, 0.1) is 19.5 Å². The summed E-state index contributed by atoms with van der Waals surface area (Å²) in [4.78, 5) is 18.0. The molecule has 1 aliphatic heterocycles. The van der Waals surface area contributed by atoms with Crippen LogP contribution >= 0.6 is 11.3 Å². The van der Waals surface area contributed by atoms with Crippen molar-refractivity contribution in [2.45, 2.75) is 57.8 Å². The van der Waals surface area contributed by atoms with E-state index in [-0.39, 0.29) is 25.4 Å². The van der Waals surface area contributed by atoms with E-state index in [2.05, 4.69) is 34.3 Å². The number of amides is 1. The molecule has 0 aliphatic carbocycles. The van der Waals surface area contributed by atoms with Gasteiger partial charge in [0.25, 0.3) is 5.92 Å². The molecule has 0 aromatic carbocycles. The first-order chi connectivity index (χ1) is 13.4. The minimum absolute atomic E-state index is 0.145. The zero-order chi connectivity index (χ0) is 20.1. The second-order valence-corrected chi connectivity index (χ2v) is 8.19. The fourth-order valence-corrected chi connectivity index (χ4v) is 4.20. The van der Waals surface area contributed by atoms with E-state index in [1.807, 2.05) is 0 Å². The number of alkyl halides is 2. The Kier molecular flexibility index (Phi) is 6.53. The van der Waals surface area contributed by atoms with Crippen LogP contribution in [-0.4, -0.2) is 40.1 Å². The van der Waals surface area contributed by atoms with Crippen LogP contribution in [-0.2, 0) is 11.2 Å². The number of hydrogen-bond donors (Lipinski definition) is 1. The summed E-state index contributed by atoms with van der Waals surface area (Å²) in [6.45, 7) is 3.69. The summed E-state index contributed by atoms with van der Waals surface area (Å²) in [5.41, 5.74) is 0.716. The van der Waals surface area contributed by atoms with E-state index in [0.29, 0.717) is 22.4 Å². The molecule has 3 heterocycles. The first-order valence-corrected chi connectivity index (χ1v) is 10.4. The predicted molar refractivity (Wildman–Crippen MR) is 106 cm³/mol. The third-order valence-corrected chi connectivity index (χ3v) is 5.65. The van der Waals surface area contributed by atoms with Gasteiger partial charge in [0.15, 0.2) is 0 Å². The van der Waals surface area contributed by atoms with E-state index in [1.165, 1.54) is 16.2 Å². The second-order valence-electron chi connectivity index (χ2n) is 7.18. The Bertz CT molecular complexity index is 782. The molecule has 9 heteroatoms. The zero-order valence-corrected chi connectivity index (χ0v) is 16.9. The van der Waals surface area contributed by atoms with Gasteiger partial charge in [0.1, 0.15) is 10.8 Å². The molecule has 2 aromatic rings. The molecule has 0 radical (unpaired) electrons. The normalized spacial score (nSPS) is 15.5. The van der Waals surface area contributed by atoms with Crippen molar-refractivity contribution in [3.8, 4) is 0 Å². The van der Waals surface area contributed by atoms with Crippen LogP contribution in [0, 0.1) is 0 Å². The molecule has 1 saturated heterocycles. The summed E-state index contributed by atoms with van der Waals surface area (Å²) in [5, 5.41) is 12.6. The second kappa shape index (κ2) is 8.89. The molecular formula is C19H25F2N5OS. The van der Waals surface area contributed by atoms with Gasteiger partial charge >= 0.3 is 0 Å². The van der Waals surface area contributed by atoms with Crippen LogP contribution in [0.4, 0.5) is 19.7 Å². The van der Waals surface area contributed by atoms with Crippen LogP contribution in [0.1, 0.15) is 56.0 Å². The topological polar surface area (TPSA) is 71.0 Å². The number of rotatable bonds is 9. The van der Waals surface area contributed by atoms with Crippen molar-refractivity contribution in [1.29, 1.82) is 0 Å². The van der Waals surface area contributed by atoms with Crippen molar-refractivity contribution in [3.05, 3.63) is 28.9 Å². The maximum absolute atomic E-state index is 12.9. The summed E-state index contributed by atoms with van der Waals surface area (Å²) in [7, 11) is 0. The van der Waals surface area contributed by atoms with Gasteiger partial charge in [-0.3, -0.25) is 4.79 Å². The molecule has 0 spiro atoms. The van der Waals surface area contributed by atoms with Crippen LogP contribution in [0.15, 0.2) is 18.3 Å². The summed E-state index contributed by atoms with van der Waals surface area (Å²) >= 11 is 1.43. The SMILES string of the molecule is CCCC(CCC)c1nnc(NC(=O)Cc2ccc(N3CC(F)(F)C3)nc2)s1. The lowest BCUT2D eigenvalue weighted by atomic mass is 9.99. The van der Waals surface area contributed by atoms with E-state index in [0.717, 1.165) is 30.7 Å². The summed E-state index contributed by atoms with van der Waals surface area (Å²) in [6, 6.07) is 3.41. The summed E-state index contributed by atoms with van der Waals surface area (Å²) in [6.07, 6.45) is 6.00. The highest BCUT2D eigenvalue weighted by molar-refractivity contribution is 7.15. The number of carbonyl (C=O) groups excluding carboxylic acids is 1. The number of halogens is 2. The van der Waals surface area contributed by atoms with Gasteiger partial charge in [0.2, 0.25) is 11.0 Å². The first kappa shape index (κ1) is 20.6. The highest BCUT2D eigenvalue weighted by Crippen LogP contribution is 2.31. The first-order valence-electron chi connectivity index (χ1n) is 9.61. The van der Waals surface area contributed by atoms with Gasteiger partial charge in [-0.2, -0.15) is 0 Å². The van der Waals surface area contributed by atoms with Crippen molar-refractivity contribution < 1.29 is 13.6 Å². The maximum atomic E-state index is 12.9. The quantitative estimate of drug-likeness (QED) is 0.670. The Labute approximate surface area is 167 Å². The number of carbonyl (C=O) groups is 1. The van der Waals surface area contributed by atoms with Gasteiger partial charge in [-0.1, -0.05) is 44.1 Å². The van der Waals surface area contributed by atoms with Gasteiger partial charge < -0.3 is 10.2 Å². The number of aromatic nitrogens is 3. The van der Waals surface area contributed by atoms with E-state index in [1.54, 1.807) is 18.3 Å². The summed E-state index contributed by atoms with van der Waals surface area (Å²) < 4.78 is 25.9. The third kappa shape index (κ3) is 5.21. The molecule has 1 N–H and O–H groups in total.